The highest BCUT2D eigenvalue weighted by Crippen LogP contribution is 2.31. The molecule has 176 valence electrons. The number of aromatic carboxylic acids is 1. The lowest BCUT2D eigenvalue weighted by atomic mass is 10.1. The molecule has 0 aliphatic carbocycles. The minimum Gasteiger partial charge on any atom is -0.490 e. The first-order valence-electron chi connectivity index (χ1n) is 10.9. The number of carboxylic acid groups (broad SMARTS) is 1. The molecule has 0 saturated heterocycles. The Bertz CT molecular complexity index is 1340. The van der Waals surface area contributed by atoms with Crippen molar-refractivity contribution in [2.24, 2.45) is 5.10 Å². The first-order chi connectivity index (χ1) is 16.9. The zero-order chi connectivity index (χ0) is 24.9. The van der Waals surface area contributed by atoms with Gasteiger partial charge in [-0.2, -0.15) is 10.1 Å². The van der Waals surface area contributed by atoms with E-state index in [9.17, 15) is 14.4 Å². The summed E-state index contributed by atoms with van der Waals surface area (Å²) in [5.41, 5.74) is 2.54. The standard InChI is InChI=1S/C27H22N2O6/c1-3-34-24-16-18(9-14-23(24)35-27(33)20-7-5-4-6-8-20)15-22-17(2)28-29(25(22)30)21-12-10-19(11-13-21)26(31)32/h4-16H,3H2,1-2H3,(H,31,32)/b22-15+. The number of carboxylic acids is 1. The van der Waals surface area contributed by atoms with Crippen molar-refractivity contribution in [3.63, 3.8) is 0 Å². The Balaban J connectivity index is 1.58. The quantitative estimate of drug-likeness (QED) is 0.302. The van der Waals surface area contributed by atoms with Crippen LogP contribution < -0.4 is 14.5 Å². The van der Waals surface area contributed by atoms with Gasteiger partial charge in [-0.25, -0.2) is 9.59 Å². The van der Waals surface area contributed by atoms with Crippen molar-refractivity contribution in [3.05, 3.63) is 95.1 Å². The first kappa shape index (κ1) is 23.4. The van der Waals surface area contributed by atoms with Crippen LogP contribution in [0.15, 0.2) is 83.5 Å². The summed E-state index contributed by atoms with van der Waals surface area (Å²) in [5, 5.41) is 14.6. The maximum atomic E-state index is 13.0. The Morgan fingerprint density at radius 1 is 0.971 bits per heavy atom. The van der Waals surface area contributed by atoms with Gasteiger partial charge in [0.1, 0.15) is 0 Å². The van der Waals surface area contributed by atoms with Crippen molar-refractivity contribution in [1.29, 1.82) is 0 Å². The summed E-state index contributed by atoms with van der Waals surface area (Å²) in [4.78, 5) is 36.6. The number of ether oxygens (including phenoxy) is 2. The van der Waals surface area contributed by atoms with Gasteiger partial charge in [0.05, 0.1) is 34.7 Å². The number of nitrogens with zero attached hydrogens (tertiary/aromatic N) is 2. The highest BCUT2D eigenvalue weighted by molar-refractivity contribution is 6.32. The normalized spacial score (nSPS) is 14.1. The lowest BCUT2D eigenvalue weighted by Gasteiger charge is -2.12. The van der Waals surface area contributed by atoms with E-state index in [1.54, 1.807) is 55.5 Å². The van der Waals surface area contributed by atoms with Gasteiger partial charge in [-0.15, -0.1) is 0 Å². The molecule has 0 radical (unpaired) electrons. The molecule has 1 aliphatic heterocycles. The van der Waals surface area contributed by atoms with Gasteiger partial charge in [-0.3, -0.25) is 4.79 Å². The Morgan fingerprint density at radius 3 is 2.34 bits per heavy atom. The van der Waals surface area contributed by atoms with Gasteiger partial charge < -0.3 is 14.6 Å². The number of hydrogen-bond donors (Lipinski definition) is 1. The number of anilines is 1. The molecule has 0 saturated carbocycles. The highest BCUT2D eigenvalue weighted by Gasteiger charge is 2.29. The second kappa shape index (κ2) is 10.0. The lowest BCUT2D eigenvalue weighted by Crippen LogP contribution is -2.21. The molecule has 1 N–H and O–H groups in total. The molecule has 0 fully saturated rings. The number of amides is 1. The number of benzene rings is 3. The van der Waals surface area contributed by atoms with Crippen molar-refractivity contribution >= 4 is 35.3 Å². The van der Waals surface area contributed by atoms with E-state index in [0.29, 0.717) is 40.5 Å². The molecule has 0 spiro atoms. The maximum absolute atomic E-state index is 13.0. The summed E-state index contributed by atoms with van der Waals surface area (Å²) in [5.74, 6) is -1.26. The third kappa shape index (κ3) is 5.11. The third-order valence-corrected chi connectivity index (χ3v) is 5.21. The molecular weight excluding hydrogens is 448 g/mol. The average Bonchev–Trinajstić information content (AvgIpc) is 3.14. The lowest BCUT2D eigenvalue weighted by molar-refractivity contribution is -0.114. The molecule has 35 heavy (non-hydrogen) atoms. The van der Waals surface area contributed by atoms with Crippen LogP contribution in [0.3, 0.4) is 0 Å². The van der Waals surface area contributed by atoms with E-state index in [4.69, 9.17) is 14.6 Å². The second-order valence-corrected chi connectivity index (χ2v) is 7.61. The van der Waals surface area contributed by atoms with E-state index in [0.717, 1.165) is 0 Å². The van der Waals surface area contributed by atoms with Crippen LogP contribution in [0.2, 0.25) is 0 Å². The Morgan fingerprint density at radius 2 is 1.69 bits per heavy atom. The zero-order valence-electron chi connectivity index (χ0n) is 19.1. The molecule has 3 aromatic rings. The van der Waals surface area contributed by atoms with Gasteiger partial charge in [-0.05, 0) is 74.0 Å². The van der Waals surface area contributed by atoms with E-state index < -0.39 is 11.9 Å². The average molecular weight is 470 g/mol. The van der Waals surface area contributed by atoms with Crippen LogP contribution in [-0.2, 0) is 4.79 Å². The van der Waals surface area contributed by atoms with Gasteiger partial charge in [0, 0.05) is 0 Å². The zero-order valence-corrected chi connectivity index (χ0v) is 19.1. The molecule has 8 heteroatoms. The fourth-order valence-electron chi connectivity index (χ4n) is 3.47. The monoisotopic (exact) mass is 470 g/mol. The molecule has 0 aromatic heterocycles. The van der Waals surface area contributed by atoms with E-state index >= 15 is 0 Å². The van der Waals surface area contributed by atoms with E-state index in [-0.39, 0.29) is 17.2 Å². The number of esters is 1. The van der Waals surface area contributed by atoms with Crippen LogP contribution in [0.4, 0.5) is 5.69 Å². The van der Waals surface area contributed by atoms with Gasteiger partial charge >= 0.3 is 11.9 Å². The molecule has 0 atom stereocenters. The molecule has 8 nitrogen and oxygen atoms in total. The van der Waals surface area contributed by atoms with Gasteiger partial charge in [0.2, 0.25) is 0 Å². The highest BCUT2D eigenvalue weighted by atomic mass is 16.6. The maximum Gasteiger partial charge on any atom is 0.343 e. The number of rotatable bonds is 7. The number of carbonyl (C=O) groups excluding carboxylic acids is 2. The SMILES string of the molecule is CCOc1cc(/C=C2/C(=O)N(c3ccc(C(=O)O)cc3)N=C2C)ccc1OC(=O)c1ccccc1. The molecular formula is C27H22N2O6. The minimum atomic E-state index is -1.05. The molecule has 4 rings (SSSR count). The third-order valence-electron chi connectivity index (χ3n) is 5.21. The summed E-state index contributed by atoms with van der Waals surface area (Å²) in [6, 6.07) is 19.6. The van der Waals surface area contributed by atoms with Crippen LogP contribution in [0, 0.1) is 0 Å². The summed E-state index contributed by atoms with van der Waals surface area (Å²) in [6.07, 6.45) is 1.68. The number of hydrogen-bond acceptors (Lipinski definition) is 6. The van der Waals surface area contributed by atoms with Crippen LogP contribution in [0.25, 0.3) is 6.08 Å². The van der Waals surface area contributed by atoms with Crippen LogP contribution in [0.5, 0.6) is 11.5 Å². The van der Waals surface area contributed by atoms with Gasteiger partial charge in [-0.1, -0.05) is 24.3 Å². The van der Waals surface area contributed by atoms with Crippen molar-refractivity contribution in [1.82, 2.24) is 0 Å². The molecule has 1 amide bonds. The van der Waals surface area contributed by atoms with Crippen molar-refractivity contribution < 1.29 is 29.0 Å². The molecule has 0 bridgehead atoms. The van der Waals surface area contributed by atoms with E-state index in [1.807, 2.05) is 13.0 Å². The number of hydrazone groups is 1. The fraction of sp³-hybridized carbons (Fsp3) is 0.111. The summed E-state index contributed by atoms with van der Waals surface area (Å²) < 4.78 is 11.2. The van der Waals surface area contributed by atoms with Crippen LogP contribution in [0.1, 0.15) is 40.1 Å². The minimum absolute atomic E-state index is 0.119. The molecule has 1 aliphatic rings. The Labute approximate surface area is 201 Å². The molecule has 1 heterocycles. The van der Waals surface area contributed by atoms with Crippen LogP contribution >= 0.6 is 0 Å². The van der Waals surface area contributed by atoms with Gasteiger partial charge in [0.25, 0.3) is 5.91 Å². The Hall–Kier alpha value is -4.72. The predicted octanol–water partition coefficient (Wildman–Crippen LogP) is 4.81. The summed E-state index contributed by atoms with van der Waals surface area (Å²) >= 11 is 0. The van der Waals surface area contributed by atoms with Gasteiger partial charge in [0.15, 0.2) is 11.5 Å². The van der Waals surface area contributed by atoms with E-state index in [2.05, 4.69) is 5.10 Å². The van der Waals surface area contributed by atoms with Crippen molar-refractivity contribution in [2.45, 2.75) is 13.8 Å². The van der Waals surface area contributed by atoms with Crippen molar-refractivity contribution in [2.75, 3.05) is 11.6 Å². The number of carbonyl (C=O) groups is 3. The fourth-order valence-corrected chi connectivity index (χ4v) is 3.47. The predicted molar refractivity (Wildman–Crippen MR) is 131 cm³/mol. The molecule has 0 unspecified atom stereocenters. The van der Waals surface area contributed by atoms with Crippen LogP contribution in [-0.4, -0.2) is 35.3 Å². The largest absolute Gasteiger partial charge is 0.490 e. The van der Waals surface area contributed by atoms with Crippen molar-refractivity contribution in [3.8, 4) is 11.5 Å². The first-order valence-corrected chi connectivity index (χ1v) is 10.9. The topological polar surface area (TPSA) is 106 Å². The Kier molecular flexibility index (Phi) is 6.73. The summed E-state index contributed by atoms with van der Waals surface area (Å²) in [7, 11) is 0. The molecule has 3 aromatic carbocycles. The smallest absolute Gasteiger partial charge is 0.343 e. The summed E-state index contributed by atoms with van der Waals surface area (Å²) in [6.45, 7) is 3.89. The second-order valence-electron chi connectivity index (χ2n) is 7.61. The van der Waals surface area contributed by atoms with E-state index in [1.165, 1.54) is 29.3 Å².